The summed E-state index contributed by atoms with van der Waals surface area (Å²) in [7, 11) is 0. The molecule has 4 heteroatoms. The summed E-state index contributed by atoms with van der Waals surface area (Å²) < 4.78 is 5.47. The summed E-state index contributed by atoms with van der Waals surface area (Å²) in [5, 5.41) is 10.1. The van der Waals surface area contributed by atoms with Crippen molar-refractivity contribution in [2.24, 2.45) is 0 Å². The third kappa shape index (κ3) is 1.92. The van der Waals surface area contributed by atoms with Crippen molar-refractivity contribution in [3.63, 3.8) is 0 Å². The van der Waals surface area contributed by atoms with E-state index in [0.717, 1.165) is 12.2 Å². The summed E-state index contributed by atoms with van der Waals surface area (Å²) in [5.74, 6) is 1.66. The molecule has 2 heterocycles. The van der Waals surface area contributed by atoms with Crippen molar-refractivity contribution < 1.29 is 9.52 Å². The summed E-state index contributed by atoms with van der Waals surface area (Å²) in [6, 6.07) is 7.08. The number of aliphatic hydroxyl groups is 1. The zero-order chi connectivity index (χ0) is 11.5. The lowest BCUT2D eigenvalue weighted by atomic mass is 10.1. The molecule has 3 N–H and O–H groups in total. The van der Waals surface area contributed by atoms with Crippen molar-refractivity contribution >= 4 is 5.82 Å². The fraction of sp³-hybridized carbons (Fsp3) is 0.250. The van der Waals surface area contributed by atoms with E-state index in [9.17, 15) is 5.11 Å². The van der Waals surface area contributed by atoms with Gasteiger partial charge in [-0.2, -0.15) is 0 Å². The summed E-state index contributed by atoms with van der Waals surface area (Å²) in [5.41, 5.74) is 6.25. The number of anilines is 1. The lowest BCUT2D eigenvalue weighted by molar-refractivity contribution is 0.187. The SMILES string of the molecule is CCc1ccc(C(O)c2cccnc2N)o1. The number of hydrogen-bond acceptors (Lipinski definition) is 4. The van der Waals surface area contributed by atoms with E-state index < -0.39 is 6.10 Å². The van der Waals surface area contributed by atoms with Gasteiger partial charge in [0.05, 0.1) is 0 Å². The van der Waals surface area contributed by atoms with Gasteiger partial charge in [0, 0.05) is 18.2 Å². The number of pyridine rings is 1. The van der Waals surface area contributed by atoms with Gasteiger partial charge in [-0.05, 0) is 18.2 Å². The molecular formula is C12H14N2O2. The normalized spacial score (nSPS) is 12.6. The Balaban J connectivity index is 2.31. The van der Waals surface area contributed by atoms with E-state index in [1.165, 1.54) is 0 Å². The van der Waals surface area contributed by atoms with Gasteiger partial charge in [-0.15, -0.1) is 0 Å². The number of nitrogens with two attached hydrogens (primary N) is 1. The quantitative estimate of drug-likeness (QED) is 0.825. The minimum absolute atomic E-state index is 0.324. The van der Waals surface area contributed by atoms with Crippen LogP contribution in [-0.4, -0.2) is 10.1 Å². The van der Waals surface area contributed by atoms with Crippen LogP contribution in [0.5, 0.6) is 0 Å². The van der Waals surface area contributed by atoms with Crippen molar-refractivity contribution in [2.45, 2.75) is 19.4 Å². The van der Waals surface area contributed by atoms with Crippen LogP contribution in [0.4, 0.5) is 5.82 Å². The highest BCUT2D eigenvalue weighted by Crippen LogP contribution is 2.26. The second-order valence-corrected chi connectivity index (χ2v) is 3.54. The maximum Gasteiger partial charge on any atom is 0.140 e. The van der Waals surface area contributed by atoms with Gasteiger partial charge >= 0.3 is 0 Å². The molecule has 0 aromatic carbocycles. The maximum absolute atomic E-state index is 10.1. The number of aryl methyl sites for hydroxylation is 1. The minimum Gasteiger partial charge on any atom is -0.463 e. The number of nitrogens with zero attached hydrogens (tertiary/aromatic N) is 1. The Bertz CT molecular complexity index is 479. The van der Waals surface area contributed by atoms with Crippen LogP contribution in [0.1, 0.15) is 30.1 Å². The molecule has 16 heavy (non-hydrogen) atoms. The third-order valence-corrected chi connectivity index (χ3v) is 2.47. The fourth-order valence-electron chi connectivity index (χ4n) is 1.55. The van der Waals surface area contributed by atoms with Gasteiger partial charge in [-0.25, -0.2) is 4.98 Å². The molecular weight excluding hydrogens is 204 g/mol. The monoisotopic (exact) mass is 218 g/mol. The average Bonchev–Trinajstić information content (AvgIpc) is 2.77. The van der Waals surface area contributed by atoms with Crippen LogP contribution >= 0.6 is 0 Å². The van der Waals surface area contributed by atoms with E-state index in [2.05, 4.69) is 4.98 Å². The van der Waals surface area contributed by atoms with E-state index in [0.29, 0.717) is 17.1 Å². The molecule has 1 unspecified atom stereocenters. The lowest BCUT2D eigenvalue weighted by Crippen LogP contribution is -2.04. The van der Waals surface area contributed by atoms with Crippen molar-refractivity contribution in [2.75, 3.05) is 5.73 Å². The predicted molar refractivity (Wildman–Crippen MR) is 60.8 cm³/mol. The van der Waals surface area contributed by atoms with Crippen LogP contribution in [0.25, 0.3) is 0 Å². The average molecular weight is 218 g/mol. The first-order valence-electron chi connectivity index (χ1n) is 5.19. The molecule has 84 valence electrons. The maximum atomic E-state index is 10.1. The molecule has 0 fully saturated rings. The molecule has 4 nitrogen and oxygen atoms in total. The van der Waals surface area contributed by atoms with E-state index in [-0.39, 0.29) is 0 Å². The first-order chi connectivity index (χ1) is 7.72. The summed E-state index contributed by atoms with van der Waals surface area (Å²) in [4.78, 5) is 3.93. The molecule has 0 amide bonds. The first-order valence-corrected chi connectivity index (χ1v) is 5.19. The number of aromatic nitrogens is 1. The van der Waals surface area contributed by atoms with Gasteiger partial charge in [0.2, 0.25) is 0 Å². The van der Waals surface area contributed by atoms with E-state index >= 15 is 0 Å². The Labute approximate surface area is 93.7 Å². The second-order valence-electron chi connectivity index (χ2n) is 3.54. The predicted octanol–water partition coefficient (Wildman–Crippen LogP) is 1.90. The van der Waals surface area contributed by atoms with E-state index in [4.69, 9.17) is 10.2 Å². The Morgan fingerprint density at radius 1 is 1.44 bits per heavy atom. The van der Waals surface area contributed by atoms with Crippen LogP contribution in [0.2, 0.25) is 0 Å². The molecule has 0 bridgehead atoms. The largest absolute Gasteiger partial charge is 0.463 e. The molecule has 2 rings (SSSR count). The molecule has 0 spiro atoms. The van der Waals surface area contributed by atoms with E-state index in [1.807, 2.05) is 13.0 Å². The van der Waals surface area contributed by atoms with Gasteiger partial charge in [-0.3, -0.25) is 0 Å². The Hall–Kier alpha value is -1.81. The molecule has 0 saturated carbocycles. The van der Waals surface area contributed by atoms with Crippen molar-refractivity contribution in [1.29, 1.82) is 0 Å². The number of furan rings is 1. The number of hydrogen-bond donors (Lipinski definition) is 2. The number of nitrogen functional groups attached to an aromatic ring is 1. The summed E-state index contributed by atoms with van der Waals surface area (Å²) >= 11 is 0. The summed E-state index contributed by atoms with van der Waals surface area (Å²) in [6.07, 6.45) is 1.54. The fourth-order valence-corrected chi connectivity index (χ4v) is 1.55. The van der Waals surface area contributed by atoms with Gasteiger partial charge in [0.15, 0.2) is 0 Å². The van der Waals surface area contributed by atoms with Gasteiger partial charge in [-0.1, -0.05) is 13.0 Å². The topological polar surface area (TPSA) is 72.3 Å². The zero-order valence-corrected chi connectivity index (χ0v) is 9.05. The van der Waals surface area contributed by atoms with Crippen molar-refractivity contribution in [3.05, 3.63) is 47.5 Å². The lowest BCUT2D eigenvalue weighted by Gasteiger charge is -2.09. The van der Waals surface area contributed by atoms with Crippen LogP contribution in [0, 0.1) is 0 Å². The van der Waals surface area contributed by atoms with Crippen LogP contribution in [-0.2, 0) is 6.42 Å². The summed E-state index contributed by atoms with van der Waals surface area (Å²) in [6.45, 7) is 1.99. The minimum atomic E-state index is -0.853. The highest BCUT2D eigenvalue weighted by atomic mass is 16.4. The van der Waals surface area contributed by atoms with E-state index in [1.54, 1.807) is 24.4 Å². The molecule has 2 aromatic heterocycles. The molecule has 0 saturated heterocycles. The van der Waals surface area contributed by atoms with Gasteiger partial charge in [0.25, 0.3) is 0 Å². The molecule has 0 radical (unpaired) electrons. The molecule has 0 aliphatic carbocycles. The highest BCUT2D eigenvalue weighted by molar-refractivity contribution is 5.42. The third-order valence-electron chi connectivity index (χ3n) is 2.47. The molecule has 0 aliphatic heterocycles. The van der Waals surface area contributed by atoms with Crippen molar-refractivity contribution in [1.82, 2.24) is 4.98 Å². The second kappa shape index (κ2) is 4.37. The smallest absolute Gasteiger partial charge is 0.140 e. The Kier molecular flexibility index (Phi) is 2.92. The Morgan fingerprint density at radius 3 is 2.88 bits per heavy atom. The number of aliphatic hydroxyl groups excluding tert-OH is 1. The highest BCUT2D eigenvalue weighted by Gasteiger charge is 2.17. The van der Waals surface area contributed by atoms with Gasteiger partial charge < -0.3 is 15.3 Å². The van der Waals surface area contributed by atoms with Crippen LogP contribution < -0.4 is 5.73 Å². The van der Waals surface area contributed by atoms with Crippen molar-refractivity contribution in [3.8, 4) is 0 Å². The van der Waals surface area contributed by atoms with Crippen LogP contribution in [0.15, 0.2) is 34.9 Å². The molecule has 0 aliphatic rings. The van der Waals surface area contributed by atoms with Crippen LogP contribution in [0.3, 0.4) is 0 Å². The zero-order valence-electron chi connectivity index (χ0n) is 9.05. The standard InChI is InChI=1S/C12H14N2O2/c1-2-8-5-6-10(16-8)11(15)9-4-3-7-14-12(9)13/h3-7,11,15H,2H2,1H3,(H2,13,14). The molecule has 1 atom stereocenters. The molecule has 2 aromatic rings. The van der Waals surface area contributed by atoms with Gasteiger partial charge in [0.1, 0.15) is 23.4 Å². The first kappa shape index (κ1) is 10.7. The Morgan fingerprint density at radius 2 is 2.25 bits per heavy atom. The number of rotatable bonds is 3.